The Labute approximate surface area is 300 Å². The first-order valence-electron chi connectivity index (χ1n) is 16.6. The summed E-state index contributed by atoms with van der Waals surface area (Å²) in [5.74, 6) is 0.959. The lowest BCUT2D eigenvalue weighted by Gasteiger charge is -2.19. The average Bonchev–Trinajstić information content (AvgIpc) is 3.74. The minimum atomic E-state index is -0.513. The van der Waals surface area contributed by atoms with Crippen molar-refractivity contribution in [3.8, 4) is 28.6 Å². The quantitative estimate of drug-likeness (QED) is 0.113. The lowest BCUT2D eigenvalue weighted by atomic mass is 9.87. The molecule has 0 unspecified atom stereocenters. The Bertz CT molecular complexity index is 2160. The van der Waals surface area contributed by atoms with Gasteiger partial charge in [-0.2, -0.15) is 5.10 Å². The molecule has 6 rings (SSSR count). The van der Waals surface area contributed by atoms with E-state index in [4.69, 9.17) is 9.84 Å². The molecule has 3 N–H and O–H groups in total. The number of benzene rings is 3. The maximum absolute atomic E-state index is 14.7. The number of hydrogen-bond acceptors (Lipinski definition) is 8. The van der Waals surface area contributed by atoms with E-state index in [1.54, 1.807) is 15.1 Å². The van der Waals surface area contributed by atoms with Gasteiger partial charge in [0.15, 0.2) is 11.5 Å². The molecule has 3 aromatic heterocycles. The number of carbonyl (C=O) groups is 1. The second-order valence-corrected chi connectivity index (χ2v) is 14.1. The number of rotatable bonds is 13. The van der Waals surface area contributed by atoms with Crippen LogP contribution in [-0.4, -0.2) is 67.7 Å². The Kier molecular flexibility index (Phi) is 10.6. The molecule has 6 aromatic rings. The van der Waals surface area contributed by atoms with Gasteiger partial charge in [0.1, 0.15) is 29.7 Å². The van der Waals surface area contributed by atoms with Crippen LogP contribution in [-0.2, 0) is 12.0 Å². The molecule has 0 saturated heterocycles. The number of aromatic nitrogens is 5. The van der Waals surface area contributed by atoms with Crippen molar-refractivity contribution < 1.29 is 19.0 Å². The Balaban J connectivity index is 1.19. The fourth-order valence-electron chi connectivity index (χ4n) is 5.24. The van der Waals surface area contributed by atoms with Crippen molar-refractivity contribution in [3.05, 3.63) is 108 Å². The van der Waals surface area contributed by atoms with Gasteiger partial charge in [0.2, 0.25) is 0 Å². The molecule has 0 fully saturated rings. The van der Waals surface area contributed by atoms with Gasteiger partial charge in [-0.1, -0.05) is 56.8 Å². The normalized spacial score (nSPS) is 11.7. The number of phenolic OH excluding ortho intramolecular Hbond substituents is 1. The number of hydrogen-bond donors (Lipinski definition) is 3. The molecule has 0 atom stereocenters. The van der Waals surface area contributed by atoms with Crippen LogP contribution in [0.3, 0.4) is 0 Å². The van der Waals surface area contributed by atoms with Crippen molar-refractivity contribution in [2.75, 3.05) is 32.6 Å². The Hall–Kier alpha value is -5.40. The predicted octanol–water partition coefficient (Wildman–Crippen LogP) is 7.53. The second kappa shape index (κ2) is 15.2. The van der Waals surface area contributed by atoms with Crippen LogP contribution in [0.2, 0.25) is 0 Å². The standard InChI is InChI=1S/C38H41FN8O3S/c1-6-38(2,3)33-22-35(47(44-33)26-11-9-12-28(20-26)50-19-18-45(4)5)41-37(49)40-23-25-10-7-8-13-32(25)51-29-15-17-34-42-43-36(46(34)24-29)30-21-27(48)14-16-31(30)39/h7-17,20-22,24,48H,6,18-19,23H2,1-5H3,(H2,40,41,49). The Morgan fingerprint density at radius 2 is 1.84 bits per heavy atom. The molecular weight excluding hydrogens is 668 g/mol. The van der Waals surface area contributed by atoms with E-state index in [0.29, 0.717) is 18.1 Å². The van der Waals surface area contributed by atoms with E-state index in [1.165, 1.54) is 30.0 Å². The zero-order valence-corrected chi connectivity index (χ0v) is 30.0. The van der Waals surface area contributed by atoms with E-state index in [-0.39, 0.29) is 35.1 Å². The van der Waals surface area contributed by atoms with Crippen LogP contribution in [0.5, 0.6) is 11.5 Å². The summed E-state index contributed by atoms with van der Waals surface area (Å²) >= 11 is 1.50. The zero-order valence-electron chi connectivity index (χ0n) is 29.2. The van der Waals surface area contributed by atoms with E-state index in [2.05, 4.69) is 46.5 Å². The van der Waals surface area contributed by atoms with Gasteiger partial charge < -0.3 is 20.1 Å². The average molecular weight is 709 g/mol. The molecule has 13 heteroatoms. The van der Waals surface area contributed by atoms with Gasteiger partial charge in [0.25, 0.3) is 0 Å². The van der Waals surface area contributed by atoms with Gasteiger partial charge in [0, 0.05) is 46.6 Å². The fraction of sp³-hybridized carbons (Fsp3) is 0.263. The van der Waals surface area contributed by atoms with E-state index in [1.807, 2.05) is 81.0 Å². The third-order valence-corrected chi connectivity index (χ3v) is 9.70. The van der Waals surface area contributed by atoms with Crippen LogP contribution in [0.25, 0.3) is 22.7 Å². The highest BCUT2D eigenvalue weighted by molar-refractivity contribution is 7.99. The number of aromatic hydroxyl groups is 1. The maximum Gasteiger partial charge on any atom is 0.320 e. The van der Waals surface area contributed by atoms with E-state index in [0.717, 1.165) is 45.5 Å². The van der Waals surface area contributed by atoms with Gasteiger partial charge in [-0.05, 0) is 74.6 Å². The number of ether oxygens (including phenoxy) is 1. The van der Waals surface area contributed by atoms with Gasteiger partial charge in [-0.15, -0.1) is 10.2 Å². The van der Waals surface area contributed by atoms with Gasteiger partial charge in [0.05, 0.1) is 16.9 Å². The molecule has 11 nitrogen and oxygen atoms in total. The summed E-state index contributed by atoms with van der Waals surface area (Å²) in [5, 5.41) is 29.2. The van der Waals surface area contributed by atoms with E-state index in [9.17, 15) is 14.3 Å². The topological polar surface area (TPSA) is 122 Å². The molecule has 2 amide bonds. The summed E-state index contributed by atoms with van der Waals surface area (Å²) < 4.78 is 24.1. The van der Waals surface area contributed by atoms with Gasteiger partial charge >= 0.3 is 6.03 Å². The Morgan fingerprint density at radius 1 is 1.02 bits per heavy atom. The third-order valence-electron chi connectivity index (χ3n) is 8.60. The highest BCUT2D eigenvalue weighted by atomic mass is 32.2. The first-order valence-corrected chi connectivity index (χ1v) is 17.4. The monoisotopic (exact) mass is 708 g/mol. The molecule has 3 heterocycles. The molecule has 0 aliphatic carbocycles. The maximum atomic E-state index is 14.7. The second-order valence-electron chi connectivity index (χ2n) is 13.0. The smallest absolute Gasteiger partial charge is 0.320 e. The van der Waals surface area contributed by atoms with Crippen molar-refractivity contribution in [1.82, 2.24) is 34.6 Å². The molecule has 0 aliphatic rings. The molecule has 0 radical (unpaired) electrons. The molecule has 264 valence electrons. The largest absolute Gasteiger partial charge is 0.508 e. The van der Waals surface area contributed by atoms with Crippen LogP contribution in [0.1, 0.15) is 38.4 Å². The molecular formula is C38H41FN8O3S. The van der Waals surface area contributed by atoms with E-state index < -0.39 is 5.82 Å². The number of nitrogens with one attached hydrogen (secondary N) is 2. The van der Waals surface area contributed by atoms with Crippen LogP contribution < -0.4 is 15.4 Å². The number of anilines is 1. The number of likely N-dealkylation sites (N-methyl/N-ethyl adjacent to an activating group) is 1. The highest BCUT2D eigenvalue weighted by Gasteiger charge is 2.25. The molecule has 0 saturated carbocycles. The van der Waals surface area contributed by atoms with Gasteiger partial charge in [-0.25, -0.2) is 13.9 Å². The lowest BCUT2D eigenvalue weighted by Crippen LogP contribution is -2.29. The SMILES string of the molecule is CCC(C)(C)c1cc(NC(=O)NCc2ccccc2Sc2ccc3nnc(-c4cc(O)ccc4F)n3c2)n(-c2cccc(OCCN(C)C)c2)n1. The van der Waals surface area contributed by atoms with Crippen molar-refractivity contribution in [3.63, 3.8) is 0 Å². The molecule has 0 aliphatic heterocycles. The third kappa shape index (κ3) is 8.33. The van der Waals surface area contributed by atoms with Crippen molar-refractivity contribution in [2.24, 2.45) is 0 Å². The molecule has 51 heavy (non-hydrogen) atoms. The van der Waals surface area contributed by atoms with Crippen molar-refractivity contribution >= 4 is 29.3 Å². The van der Waals surface area contributed by atoms with Crippen LogP contribution in [0, 0.1) is 5.82 Å². The number of nitrogens with zero attached hydrogens (tertiary/aromatic N) is 6. The van der Waals surface area contributed by atoms with Gasteiger partial charge in [-0.3, -0.25) is 9.72 Å². The number of pyridine rings is 1. The molecule has 0 spiro atoms. The summed E-state index contributed by atoms with van der Waals surface area (Å²) in [5.41, 5.74) is 3.02. The number of carbonyl (C=O) groups excluding carboxylic acids is 1. The summed E-state index contributed by atoms with van der Waals surface area (Å²) in [6.07, 6.45) is 2.70. The van der Waals surface area contributed by atoms with Crippen LogP contribution in [0.15, 0.2) is 101 Å². The number of fused-ring (bicyclic) bond motifs is 1. The van der Waals surface area contributed by atoms with Crippen molar-refractivity contribution in [1.29, 1.82) is 0 Å². The number of urea groups is 1. The molecule has 0 bridgehead atoms. The minimum Gasteiger partial charge on any atom is -0.508 e. The Morgan fingerprint density at radius 3 is 2.65 bits per heavy atom. The first kappa shape index (κ1) is 35.4. The van der Waals surface area contributed by atoms with Crippen molar-refractivity contribution in [2.45, 2.75) is 48.9 Å². The first-order chi connectivity index (χ1) is 24.5. The predicted molar refractivity (Wildman–Crippen MR) is 197 cm³/mol. The molecule has 3 aromatic carbocycles. The van der Waals surface area contributed by atoms with Crippen LogP contribution >= 0.6 is 11.8 Å². The summed E-state index contributed by atoms with van der Waals surface area (Å²) in [7, 11) is 4.00. The lowest BCUT2D eigenvalue weighted by molar-refractivity contribution is 0.251. The zero-order chi connectivity index (χ0) is 36.1. The summed E-state index contributed by atoms with van der Waals surface area (Å²) in [4.78, 5) is 17.3. The van der Waals surface area contributed by atoms with E-state index >= 15 is 0 Å². The number of halogens is 1. The number of phenols is 1. The summed E-state index contributed by atoms with van der Waals surface area (Å²) in [6.45, 7) is 7.98. The highest BCUT2D eigenvalue weighted by Crippen LogP contribution is 2.33. The number of amides is 2. The minimum absolute atomic E-state index is 0.0659. The fourth-order valence-corrected chi connectivity index (χ4v) is 6.21. The summed E-state index contributed by atoms with van der Waals surface area (Å²) in [6, 6.07) is 24.5. The van der Waals surface area contributed by atoms with Crippen LogP contribution in [0.4, 0.5) is 15.0 Å².